The van der Waals surface area contributed by atoms with Gasteiger partial charge in [-0.25, -0.2) is 0 Å². The van der Waals surface area contributed by atoms with Crippen molar-refractivity contribution in [2.45, 2.75) is 50.5 Å². The Hall–Kier alpha value is -0.590. The predicted octanol–water partition coefficient (Wildman–Crippen LogP) is 2.33. The van der Waals surface area contributed by atoms with Gasteiger partial charge in [0.15, 0.2) is 0 Å². The van der Waals surface area contributed by atoms with E-state index in [1.807, 2.05) is 0 Å². The highest BCUT2D eigenvalue weighted by Gasteiger charge is 2.37. The van der Waals surface area contributed by atoms with Crippen LogP contribution in [0.3, 0.4) is 0 Å². The van der Waals surface area contributed by atoms with Crippen molar-refractivity contribution in [3.05, 3.63) is 0 Å². The van der Waals surface area contributed by atoms with E-state index in [9.17, 15) is 5.26 Å². The molecule has 0 radical (unpaired) electrons. The molecule has 1 aliphatic heterocycles. The van der Waals surface area contributed by atoms with Crippen molar-refractivity contribution >= 4 is 0 Å². The molecule has 2 aliphatic rings. The maximum Gasteiger partial charge on any atom is 0.109 e. The SMILES string of the molecule is N#CC1(N2CCOCC2)CCCCCCC1. The number of ether oxygens (including phenoxy) is 1. The van der Waals surface area contributed by atoms with Gasteiger partial charge in [0.1, 0.15) is 5.54 Å². The van der Waals surface area contributed by atoms with Gasteiger partial charge in [-0.3, -0.25) is 4.90 Å². The number of hydrogen-bond donors (Lipinski definition) is 0. The van der Waals surface area contributed by atoms with E-state index in [4.69, 9.17) is 4.74 Å². The molecule has 0 atom stereocenters. The Kier molecular flexibility index (Phi) is 4.20. The van der Waals surface area contributed by atoms with Gasteiger partial charge in [-0.05, 0) is 12.8 Å². The van der Waals surface area contributed by atoms with E-state index in [1.54, 1.807) is 0 Å². The molecule has 2 rings (SSSR count). The number of morpholine rings is 1. The molecule has 1 saturated heterocycles. The molecule has 3 nitrogen and oxygen atoms in total. The predicted molar refractivity (Wildman–Crippen MR) is 63.1 cm³/mol. The highest BCUT2D eigenvalue weighted by Crippen LogP contribution is 2.31. The van der Waals surface area contributed by atoms with Crippen molar-refractivity contribution in [3.63, 3.8) is 0 Å². The smallest absolute Gasteiger partial charge is 0.109 e. The second kappa shape index (κ2) is 5.65. The Bertz CT molecular complexity index is 245. The normalized spacial score (nSPS) is 27.7. The molecule has 1 aliphatic carbocycles. The molecule has 1 heterocycles. The van der Waals surface area contributed by atoms with Crippen LogP contribution in [0, 0.1) is 11.3 Å². The summed E-state index contributed by atoms with van der Waals surface area (Å²) in [5.74, 6) is 0. The van der Waals surface area contributed by atoms with Gasteiger partial charge >= 0.3 is 0 Å². The molecule has 0 aromatic heterocycles. The average Bonchev–Trinajstić information content (AvgIpc) is 2.31. The Morgan fingerprint density at radius 3 is 2.06 bits per heavy atom. The minimum atomic E-state index is -0.176. The van der Waals surface area contributed by atoms with Gasteiger partial charge in [0, 0.05) is 13.1 Å². The first-order valence-electron chi connectivity index (χ1n) is 6.61. The Balaban J connectivity index is 2.05. The molecule has 0 spiro atoms. The third-order valence-electron chi connectivity index (χ3n) is 4.01. The van der Waals surface area contributed by atoms with Gasteiger partial charge in [0.25, 0.3) is 0 Å². The summed E-state index contributed by atoms with van der Waals surface area (Å²) in [5.41, 5.74) is -0.176. The largest absolute Gasteiger partial charge is 0.379 e. The summed E-state index contributed by atoms with van der Waals surface area (Å²) in [5, 5.41) is 9.58. The van der Waals surface area contributed by atoms with Gasteiger partial charge in [-0.2, -0.15) is 5.26 Å². The monoisotopic (exact) mass is 222 g/mol. The molecule has 0 bridgehead atoms. The van der Waals surface area contributed by atoms with E-state index in [2.05, 4.69) is 11.0 Å². The van der Waals surface area contributed by atoms with E-state index in [0.717, 1.165) is 39.1 Å². The molecule has 90 valence electrons. The van der Waals surface area contributed by atoms with Crippen LogP contribution in [0.15, 0.2) is 0 Å². The summed E-state index contributed by atoms with van der Waals surface area (Å²) in [6.07, 6.45) is 8.50. The average molecular weight is 222 g/mol. The number of rotatable bonds is 1. The lowest BCUT2D eigenvalue weighted by atomic mass is 9.83. The first-order chi connectivity index (χ1) is 7.87. The first-order valence-corrected chi connectivity index (χ1v) is 6.61. The molecule has 1 saturated carbocycles. The summed E-state index contributed by atoms with van der Waals surface area (Å²) in [7, 11) is 0. The zero-order chi connectivity index (χ0) is 11.3. The molecular weight excluding hydrogens is 200 g/mol. The second-order valence-electron chi connectivity index (χ2n) is 5.01. The lowest BCUT2D eigenvalue weighted by molar-refractivity contribution is -0.0114. The minimum absolute atomic E-state index is 0.176. The van der Waals surface area contributed by atoms with E-state index in [-0.39, 0.29) is 5.54 Å². The van der Waals surface area contributed by atoms with Crippen molar-refractivity contribution in [2.75, 3.05) is 26.3 Å². The summed E-state index contributed by atoms with van der Waals surface area (Å²) in [6, 6.07) is 2.63. The summed E-state index contributed by atoms with van der Waals surface area (Å²) < 4.78 is 5.38. The molecule has 2 fully saturated rings. The standard InChI is InChI=1S/C13H22N2O/c14-12-13(15-8-10-16-11-9-15)6-4-2-1-3-5-7-13/h1-11H2. The molecular formula is C13H22N2O. The molecule has 0 unspecified atom stereocenters. The van der Waals surface area contributed by atoms with E-state index < -0.39 is 0 Å². The zero-order valence-corrected chi connectivity index (χ0v) is 10.1. The van der Waals surface area contributed by atoms with Crippen molar-refractivity contribution in [3.8, 4) is 6.07 Å². The van der Waals surface area contributed by atoms with Crippen molar-refractivity contribution in [1.29, 1.82) is 5.26 Å². The van der Waals surface area contributed by atoms with Crippen molar-refractivity contribution < 1.29 is 4.74 Å². The van der Waals surface area contributed by atoms with Crippen LogP contribution in [0.2, 0.25) is 0 Å². The van der Waals surface area contributed by atoms with Gasteiger partial charge in [0.05, 0.1) is 19.3 Å². The Labute approximate surface area is 98.4 Å². The number of nitrogens with zero attached hydrogens (tertiary/aromatic N) is 2. The van der Waals surface area contributed by atoms with Crippen LogP contribution < -0.4 is 0 Å². The quantitative estimate of drug-likeness (QED) is 0.683. The first kappa shape index (κ1) is 11.9. The maximum absolute atomic E-state index is 9.58. The lowest BCUT2D eigenvalue weighted by Crippen LogP contribution is -2.52. The van der Waals surface area contributed by atoms with Gasteiger partial charge in [-0.1, -0.05) is 32.1 Å². The fourth-order valence-electron chi connectivity index (χ4n) is 2.98. The molecule has 16 heavy (non-hydrogen) atoms. The maximum atomic E-state index is 9.58. The Morgan fingerprint density at radius 1 is 0.938 bits per heavy atom. The van der Waals surface area contributed by atoms with Crippen molar-refractivity contribution in [1.82, 2.24) is 4.90 Å². The third kappa shape index (κ3) is 2.56. The van der Waals surface area contributed by atoms with Crippen LogP contribution in [0.1, 0.15) is 44.9 Å². The van der Waals surface area contributed by atoms with Gasteiger partial charge in [-0.15, -0.1) is 0 Å². The van der Waals surface area contributed by atoms with E-state index >= 15 is 0 Å². The summed E-state index contributed by atoms with van der Waals surface area (Å²) in [4.78, 5) is 2.38. The number of hydrogen-bond acceptors (Lipinski definition) is 3. The fraction of sp³-hybridized carbons (Fsp3) is 0.923. The second-order valence-corrected chi connectivity index (χ2v) is 5.01. The number of nitriles is 1. The highest BCUT2D eigenvalue weighted by molar-refractivity contribution is 5.09. The van der Waals surface area contributed by atoms with Crippen LogP contribution in [0.4, 0.5) is 0 Å². The third-order valence-corrected chi connectivity index (χ3v) is 4.01. The van der Waals surface area contributed by atoms with Crippen molar-refractivity contribution in [2.24, 2.45) is 0 Å². The van der Waals surface area contributed by atoms with E-state index in [0.29, 0.717) is 0 Å². The summed E-state index contributed by atoms with van der Waals surface area (Å²) in [6.45, 7) is 3.47. The fourth-order valence-corrected chi connectivity index (χ4v) is 2.98. The van der Waals surface area contributed by atoms with Crippen LogP contribution >= 0.6 is 0 Å². The lowest BCUT2D eigenvalue weighted by Gasteiger charge is -2.41. The van der Waals surface area contributed by atoms with E-state index in [1.165, 1.54) is 32.1 Å². The minimum Gasteiger partial charge on any atom is -0.379 e. The van der Waals surface area contributed by atoms with Gasteiger partial charge in [0.2, 0.25) is 0 Å². The highest BCUT2D eigenvalue weighted by atomic mass is 16.5. The summed E-state index contributed by atoms with van der Waals surface area (Å²) >= 11 is 0. The zero-order valence-electron chi connectivity index (χ0n) is 10.1. The van der Waals surface area contributed by atoms with Crippen LogP contribution in [0.5, 0.6) is 0 Å². The van der Waals surface area contributed by atoms with Gasteiger partial charge < -0.3 is 4.74 Å². The molecule has 0 N–H and O–H groups in total. The van der Waals surface area contributed by atoms with Crippen LogP contribution in [-0.4, -0.2) is 36.7 Å². The molecule has 3 heteroatoms. The molecule has 0 amide bonds. The Morgan fingerprint density at radius 2 is 1.50 bits per heavy atom. The molecule has 0 aromatic carbocycles. The molecule has 0 aromatic rings. The van der Waals surface area contributed by atoms with Crippen LogP contribution in [0.25, 0.3) is 0 Å². The topological polar surface area (TPSA) is 36.3 Å². The van der Waals surface area contributed by atoms with Crippen LogP contribution in [-0.2, 0) is 4.74 Å².